The van der Waals surface area contributed by atoms with Crippen LogP contribution in [0.1, 0.15) is 29.2 Å². The van der Waals surface area contributed by atoms with Gasteiger partial charge in [-0.3, -0.25) is 27.3 Å². The topological polar surface area (TPSA) is 263 Å². The number of hydrogen-bond donors (Lipinski definition) is 4. The van der Waals surface area contributed by atoms with Gasteiger partial charge in [0, 0.05) is 18.8 Å². The van der Waals surface area contributed by atoms with Crippen molar-refractivity contribution >= 4 is 49.4 Å². The fraction of sp³-hybridized carbons (Fsp3) is 0.417. The van der Waals surface area contributed by atoms with E-state index in [2.05, 4.69) is 29.8 Å². The second-order valence-corrected chi connectivity index (χ2v) is 13.5. The van der Waals surface area contributed by atoms with Crippen molar-refractivity contribution in [2.24, 2.45) is 5.73 Å². The van der Waals surface area contributed by atoms with Crippen molar-refractivity contribution in [1.29, 1.82) is 0 Å². The van der Waals surface area contributed by atoms with Crippen molar-refractivity contribution in [3.05, 3.63) is 48.8 Å². The lowest BCUT2D eigenvalue weighted by atomic mass is 10.1. The molecule has 20 nitrogen and oxygen atoms in total. The number of nitrogens with two attached hydrogens (primary N) is 1. The van der Waals surface area contributed by atoms with Crippen LogP contribution in [-0.2, 0) is 32.2 Å². The average molecular weight is 715 g/mol. The summed E-state index contributed by atoms with van der Waals surface area (Å²) in [6.45, 7) is -1.64. The molecule has 0 spiro atoms. The minimum Gasteiger partial charge on any atom is -0.366 e. The van der Waals surface area contributed by atoms with E-state index in [9.17, 15) is 28.6 Å². The quantitative estimate of drug-likeness (QED) is 0.140. The maximum atomic E-state index is 16.0. The molecule has 2 saturated heterocycles. The Kier molecular flexibility index (Phi) is 8.35. The summed E-state index contributed by atoms with van der Waals surface area (Å²) < 4.78 is 85.3. The van der Waals surface area contributed by atoms with Crippen molar-refractivity contribution in [2.45, 2.75) is 49.5 Å². The van der Waals surface area contributed by atoms with Crippen LogP contribution in [0.15, 0.2) is 43.2 Å². The highest BCUT2D eigenvalue weighted by molar-refractivity contribution is 7.47. The van der Waals surface area contributed by atoms with Crippen LogP contribution in [0.4, 0.5) is 8.78 Å². The Bertz CT molecular complexity index is 2110. The number of phosphoric ester groups is 2. The zero-order chi connectivity index (χ0) is 34.0. The van der Waals surface area contributed by atoms with Gasteiger partial charge in [-0.15, -0.1) is 5.10 Å². The van der Waals surface area contributed by atoms with E-state index >= 15 is 8.78 Å². The van der Waals surface area contributed by atoms with Gasteiger partial charge in [-0.2, -0.15) is 0 Å². The molecule has 0 aliphatic carbocycles. The predicted molar refractivity (Wildman–Crippen MR) is 153 cm³/mol. The third-order valence-corrected chi connectivity index (χ3v) is 9.19. The van der Waals surface area contributed by atoms with Crippen molar-refractivity contribution in [1.82, 2.24) is 38.9 Å². The molecule has 8 atom stereocenters. The molecule has 48 heavy (non-hydrogen) atoms. The second-order valence-electron chi connectivity index (χ2n) is 10.8. The Hall–Kier alpha value is -3.82. The van der Waals surface area contributed by atoms with Crippen LogP contribution in [0.25, 0.3) is 27.8 Å². The SMILES string of the molecule is NC(=O)c1cccc2c1nnn2[C@@H]1O[C@H](COP(=O)(O)O[C@H]2[C@@H](F)[C@H](n3cnc4c3ncn3ccnc43)O[C@@H]2COP(=O)(O)O)C[C@H]1F. The summed E-state index contributed by atoms with van der Waals surface area (Å²) in [4.78, 5) is 53.3. The third kappa shape index (κ3) is 6.11. The molecule has 5 aromatic rings. The number of hydrogen-bond acceptors (Lipinski definition) is 13. The van der Waals surface area contributed by atoms with Crippen LogP contribution < -0.4 is 5.73 Å². The zero-order valence-corrected chi connectivity index (χ0v) is 25.9. The molecule has 0 saturated carbocycles. The first-order chi connectivity index (χ1) is 22.8. The number of rotatable bonds is 11. The fourth-order valence-electron chi connectivity index (χ4n) is 5.62. The minimum atomic E-state index is -5.18. The zero-order valence-electron chi connectivity index (χ0n) is 24.1. The van der Waals surface area contributed by atoms with Gasteiger partial charge in [0.05, 0.1) is 36.7 Å². The van der Waals surface area contributed by atoms with E-state index in [4.69, 9.17) is 24.3 Å². The summed E-state index contributed by atoms with van der Waals surface area (Å²) in [5.41, 5.74) is 6.60. The molecule has 4 aromatic heterocycles. The van der Waals surface area contributed by atoms with Crippen LogP contribution >= 0.6 is 15.6 Å². The molecule has 24 heteroatoms. The number of alkyl halides is 2. The monoisotopic (exact) mass is 715 g/mol. The first kappa shape index (κ1) is 32.7. The summed E-state index contributed by atoms with van der Waals surface area (Å²) in [6.07, 6.45) is -6.21. The van der Waals surface area contributed by atoms with Gasteiger partial charge in [-0.05, 0) is 12.1 Å². The molecule has 0 radical (unpaired) electrons. The largest absolute Gasteiger partial charge is 0.472 e. The number of imidazole rings is 2. The standard InChI is InChI=1S/C24H25F2N9O11P2/c25-13-6-11(44-23(13)35-14-3-1-2-12(20(27)36)17(14)31-32-35)7-43-48(40,41)46-19-15(8-42-47(37,38)39)45-24(16(19)26)34-10-29-18-21-28-4-5-33(21)9-30-22(18)34/h1-5,9-11,13,15-16,19,23-24H,6-8H2,(H2,27,36)(H,40,41)(H2,37,38,39)/t11-,13+,15+,16+,19+,23+,24+/m0/s1. The number of carbonyl (C=O) groups is 1. The average Bonchev–Trinajstić information content (AvgIpc) is 3.85. The molecule has 256 valence electrons. The minimum absolute atomic E-state index is 0.0620. The van der Waals surface area contributed by atoms with Crippen molar-refractivity contribution in [3.8, 4) is 0 Å². The molecular formula is C24H25F2N9O11P2. The number of primary amides is 1. The van der Waals surface area contributed by atoms with E-state index in [1.54, 1.807) is 10.6 Å². The molecule has 5 N–H and O–H groups in total. The highest BCUT2D eigenvalue weighted by Crippen LogP contribution is 2.51. The molecule has 7 rings (SSSR count). The van der Waals surface area contributed by atoms with E-state index < -0.39 is 77.9 Å². The molecule has 1 amide bonds. The third-order valence-electron chi connectivity index (χ3n) is 7.72. The Labute approximate surface area is 266 Å². The summed E-state index contributed by atoms with van der Waals surface area (Å²) >= 11 is 0. The summed E-state index contributed by atoms with van der Waals surface area (Å²) in [7, 11) is -10.3. The maximum absolute atomic E-state index is 16.0. The van der Waals surface area contributed by atoms with Gasteiger partial charge < -0.3 is 29.9 Å². The van der Waals surface area contributed by atoms with Crippen LogP contribution in [0.3, 0.4) is 0 Å². The number of fused-ring (bicyclic) bond motifs is 4. The molecule has 0 bridgehead atoms. The van der Waals surface area contributed by atoms with Crippen LogP contribution in [-0.4, -0.2) is 103 Å². The van der Waals surface area contributed by atoms with Gasteiger partial charge in [0.15, 0.2) is 35.4 Å². The second kappa shape index (κ2) is 12.3. The Morgan fingerprint density at radius 2 is 1.83 bits per heavy atom. The Morgan fingerprint density at radius 1 is 1.02 bits per heavy atom. The van der Waals surface area contributed by atoms with Gasteiger partial charge >= 0.3 is 15.6 Å². The Balaban J connectivity index is 1.06. The number of ether oxygens (including phenoxy) is 2. The molecule has 2 aliphatic rings. The molecule has 2 fully saturated rings. The summed E-state index contributed by atoms with van der Waals surface area (Å²) in [6, 6.07) is 4.45. The number of aromatic nitrogens is 8. The first-order valence-electron chi connectivity index (χ1n) is 14.0. The predicted octanol–water partition coefficient (Wildman–Crippen LogP) is 1.10. The van der Waals surface area contributed by atoms with Gasteiger partial charge in [0.2, 0.25) is 0 Å². The smallest absolute Gasteiger partial charge is 0.366 e. The number of amides is 1. The molecule has 1 aromatic carbocycles. The van der Waals surface area contributed by atoms with Gasteiger partial charge in [-0.1, -0.05) is 11.3 Å². The Morgan fingerprint density at radius 3 is 2.60 bits per heavy atom. The lowest BCUT2D eigenvalue weighted by molar-refractivity contribution is -0.0526. The van der Waals surface area contributed by atoms with Crippen LogP contribution in [0.2, 0.25) is 0 Å². The lowest BCUT2D eigenvalue weighted by Crippen LogP contribution is -2.34. The van der Waals surface area contributed by atoms with E-state index in [0.29, 0.717) is 5.65 Å². The number of halogens is 2. The highest BCUT2D eigenvalue weighted by Gasteiger charge is 2.51. The van der Waals surface area contributed by atoms with E-state index in [-0.39, 0.29) is 34.2 Å². The van der Waals surface area contributed by atoms with E-state index in [1.165, 1.54) is 41.6 Å². The van der Waals surface area contributed by atoms with Gasteiger partial charge in [0.1, 0.15) is 30.2 Å². The summed E-state index contributed by atoms with van der Waals surface area (Å²) in [5, 5.41) is 7.77. The lowest BCUT2D eigenvalue weighted by Gasteiger charge is -2.23. The number of carbonyl (C=O) groups excluding carboxylic acids is 1. The highest BCUT2D eigenvalue weighted by atomic mass is 31.2. The summed E-state index contributed by atoms with van der Waals surface area (Å²) in [5.74, 6) is -0.766. The first-order valence-corrected chi connectivity index (χ1v) is 17.0. The van der Waals surface area contributed by atoms with E-state index in [1.807, 2.05) is 0 Å². The number of phosphoric acid groups is 2. The normalized spacial score (nSPS) is 27.7. The molecular weight excluding hydrogens is 690 g/mol. The molecule has 2 aliphatic heterocycles. The van der Waals surface area contributed by atoms with Crippen molar-refractivity contribution in [3.63, 3.8) is 0 Å². The van der Waals surface area contributed by atoms with Crippen molar-refractivity contribution < 1.29 is 60.4 Å². The number of benzene rings is 1. The van der Waals surface area contributed by atoms with Crippen molar-refractivity contribution in [2.75, 3.05) is 13.2 Å². The van der Waals surface area contributed by atoms with Gasteiger partial charge in [0.25, 0.3) is 5.91 Å². The van der Waals surface area contributed by atoms with E-state index in [0.717, 1.165) is 4.68 Å². The molecule has 6 heterocycles. The maximum Gasteiger partial charge on any atom is 0.472 e. The fourth-order valence-corrected chi connectivity index (χ4v) is 6.93. The van der Waals surface area contributed by atoms with Crippen LogP contribution in [0, 0.1) is 0 Å². The van der Waals surface area contributed by atoms with Gasteiger partial charge in [-0.25, -0.2) is 37.5 Å². The number of nitrogens with zero attached hydrogens (tertiary/aromatic N) is 8. The van der Waals surface area contributed by atoms with Crippen LogP contribution in [0.5, 0.6) is 0 Å². The molecule has 1 unspecified atom stereocenters.